The first kappa shape index (κ1) is 15.1. The zero-order valence-electron chi connectivity index (χ0n) is 11.5. The summed E-state index contributed by atoms with van der Waals surface area (Å²) >= 11 is 3.55. The van der Waals surface area contributed by atoms with E-state index in [1.807, 2.05) is 18.2 Å². The second kappa shape index (κ2) is 6.95. The topological polar surface area (TPSA) is 64.6 Å². The Morgan fingerprint density at radius 2 is 2.30 bits per heavy atom. The molecule has 1 aliphatic heterocycles. The van der Waals surface area contributed by atoms with E-state index in [4.69, 9.17) is 5.11 Å². The van der Waals surface area contributed by atoms with E-state index in [1.165, 1.54) is 0 Å². The van der Waals surface area contributed by atoms with Crippen molar-refractivity contribution >= 4 is 27.6 Å². The Kier molecular flexibility index (Phi) is 5.25. The van der Waals surface area contributed by atoms with Gasteiger partial charge in [0.15, 0.2) is 0 Å². The van der Waals surface area contributed by atoms with Crippen molar-refractivity contribution in [3.05, 3.63) is 28.7 Å². The molecule has 0 aromatic heterocycles. The van der Waals surface area contributed by atoms with Crippen molar-refractivity contribution in [1.29, 1.82) is 0 Å². The van der Waals surface area contributed by atoms with E-state index in [9.17, 15) is 4.79 Å². The van der Waals surface area contributed by atoms with Gasteiger partial charge in [0.05, 0.1) is 11.8 Å². The van der Waals surface area contributed by atoms with Crippen LogP contribution in [0.15, 0.2) is 28.7 Å². The first-order chi connectivity index (χ1) is 9.56. The number of nitrogens with zero attached hydrogens (tertiary/aromatic N) is 1. The summed E-state index contributed by atoms with van der Waals surface area (Å²) in [5, 5.41) is 14.7. The number of hydrogen-bond donors (Lipinski definition) is 3. The number of nitrogens with one attached hydrogen (secondary N) is 2. The largest absolute Gasteiger partial charge is 0.392 e. The SMILES string of the molecule is C[C@@H](O)CNC(=O)N[C@H]1CCN(c2ccccc2Br)C1. The van der Waals surface area contributed by atoms with Gasteiger partial charge in [0.25, 0.3) is 0 Å². The summed E-state index contributed by atoms with van der Waals surface area (Å²) in [5.41, 5.74) is 1.15. The van der Waals surface area contributed by atoms with Crippen LogP contribution in [0.2, 0.25) is 0 Å². The summed E-state index contributed by atoms with van der Waals surface area (Å²) < 4.78 is 1.07. The number of benzene rings is 1. The third kappa shape index (κ3) is 4.11. The van der Waals surface area contributed by atoms with Gasteiger partial charge in [0, 0.05) is 30.1 Å². The van der Waals surface area contributed by atoms with E-state index in [0.717, 1.165) is 29.7 Å². The number of carbonyl (C=O) groups is 1. The van der Waals surface area contributed by atoms with Crippen LogP contribution in [0.5, 0.6) is 0 Å². The predicted octanol–water partition coefficient (Wildman–Crippen LogP) is 1.71. The third-order valence-electron chi connectivity index (χ3n) is 3.27. The zero-order valence-corrected chi connectivity index (χ0v) is 13.1. The van der Waals surface area contributed by atoms with E-state index >= 15 is 0 Å². The summed E-state index contributed by atoms with van der Waals surface area (Å²) in [6, 6.07) is 8.01. The quantitative estimate of drug-likeness (QED) is 0.781. The molecule has 0 saturated carbocycles. The van der Waals surface area contributed by atoms with E-state index < -0.39 is 6.10 Å². The van der Waals surface area contributed by atoms with E-state index in [-0.39, 0.29) is 18.6 Å². The Morgan fingerprint density at radius 3 is 3.00 bits per heavy atom. The summed E-state index contributed by atoms with van der Waals surface area (Å²) in [6.45, 7) is 3.63. The number of para-hydroxylation sites is 1. The molecule has 0 aliphatic carbocycles. The van der Waals surface area contributed by atoms with E-state index in [1.54, 1.807) is 6.92 Å². The second-order valence-corrected chi connectivity index (χ2v) is 5.94. The predicted molar refractivity (Wildman–Crippen MR) is 83.0 cm³/mol. The Morgan fingerprint density at radius 1 is 1.55 bits per heavy atom. The molecule has 0 radical (unpaired) electrons. The Hall–Kier alpha value is -1.27. The van der Waals surface area contributed by atoms with Crippen molar-refractivity contribution in [2.45, 2.75) is 25.5 Å². The number of carbonyl (C=O) groups excluding carboxylic acids is 1. The lowest BCUT2D eigenvalue weighted by molar-refractivity contribution is 0.187. The highest BCUT2D eigenvalue weighted by Crippen LogP contribution is 2.28. The Balaban J connectivity index is 1.84. The molecule has 1 heterocycles. The van der Waals surface area contributed by atoms with Crippen molar-refractivity contribution in [2.75, 3.05) is 24.5 Å². The van der Waals surface area contributed by atoms with Crippen LogP contribution in [0.1, 0.15) is 13.3 Å². The average molecular weight is 342 g/mol. The van der Waals surface area contributed by atoms with Gasteiger partial charge in [0.2, 0.25) is 0 Å². The number of halogens is 1. The smallest absolute Gasteiger partial charge is 0.315 e. The molecule has 0 bridgehead atoms. The molecule has 2 amide bonds. The highest BCUT2D eigenvalue weighted by molar-refractivity contribution is 9.10. The lowest BCUT2D eigenvalue weighted by atomic mass is 10.3. The van der Waals surface area contributed by atoms with Crippen LogP contribution in [0, 0.1) is 0 Å². The number of amides is 2. The minimum absolute atomic E-state index is 0.135. The van der Waals surface area contributed by atoms with Crippen LogP contribution < -0.4 is 15.5 Å². The van der Waals surface area contributed by atoms with Crippen molar-refractivity contribution < 1.29 is 9.90 Å². The molecule has 0 unspecified atom stereocenters. The standard InChI is InChI=1S/C14H20BrN3O2/c1-10(19)8-16-14(20)17-11-6-7-18(9-11)13-5-3-2-4-12(13)15/h2-5,10-11,19H,6-9H2,1H3,(H2,16,17,20)/t10-,11+/m1/s1. The molecule has 110 valence electrons. The van der Waals surface area contributed by atoms with Crippen LogP contribution in [-0.4, -0.2) is 42.9 Å². The molecule has 1 aromatic rings. The maximum Gasteiger partial charge on any atom is 0.315 e. The monoisotopic (exact) mass is 341 g/mol. The minimum Gasteiger partial charge on any atom is -0.392 e. The summed E-state index contributed by atoms with van der Waals surface area (Å²) in [7, 11) is 0. The molecule has 2 rings (SSSR count). The van der Waals surface area contributed by atoms with Gasteiger partial charge < -0.3 is 20.6 Å². The van der Waals surface area contributed by atoms with Gasteiger partial charge >= 0.3 is 6.03 Å². The van der Waals surface area contributed by atoms with Crippen molar-refractivity contribution in [2.24, 2.45) is 0 Å². The first-order valence-corrected chi connectivity index (χ1v) is 7.57. The van der Waals surface area contributed by atoms with Gasteiger partial charge in [-0.15, -0.1) is 0 Å². The normalized spacial score (nSPS) is 19.8. The fourth-order valence-electron chi connectivity index (χ4n) is 2.28. The van der Waals surface area contributed by atoms with Crippen molar-refractivity contribution in [3.8, 4) is 0 Å². The van der Waals surface area contributed by atoms with Crippen LogP contribution in [-0.2, 0) is 0 Å². The van der Waals surface area contributed by atoms with Gasteiger partial charge in [-0.05, 0) is 41.4 Å². The Bertz CT molecular complexity index is 467. The second-order valence-electron chi connectivity index (χ2n) is 5.09. The van der Waals surface area contributed by atoms with E-state index in [2.05, 4.69) is 37.5 Å². The van der Waals surface area contributed by atoms with Crippen LogP contribution >= 0.6 is 15.9 Å². The molecular formula is C14H20BrN3O2. The van der Waals surface area contributed by atoms with Crippen molar-refractivity contribution in [1.82, 2.24) is 10.6 Å². The van der Waals surface area contributed by atoms with Gasteiger partial charge in [0.1, 0.15) is 0 Å². The van der Waals surface area contributed by atoms with E-state index in [0.29, 0.717) is 0 Å². The molecule has 1 saturated heterocycles. The van der Waals surface area contributed by atoms with Crippen LogP contribution in [0.3, 0.4) is 0 Å². The first-order valence-electron chi connectivity index (χ1n) is 6.78. The Labute approximate surface area is 127 Å². The average Bonchev–Trinajstić information content (AvgIpc) is 2.85. The summed E-state index contributed by atoms with van der Waals surface area (Å²) in [4.78, 5) is 13.9. The molecule has 1 aliphatic rings. The molecule has 1 fully saturated rings. The lowest BCUT2D eigenvalue weighted by Gasteiger charge is -2.20. The number of urea groups is 1. The number of hydrogen-bond acceptors (Lipinski definition) is 3. The summed E-state index contributed by atoms with van der Waals surface area (Å²) in [6.07, 6.45) is 0.393. The van der Waals surface area contributed by atoms with Crippen LogP contribution in [0.25, 0.3) is 0 Å². The molecule has 20 heavy (non-hydrogen) atoms. The lowest BCUT2D eigenvalue weighted by Crippen LogP contribution is -2.45. The van der Waals surface area contributed by atoms with Crippen LogP contribution in [0.4, 0.5) is 10.5 Å². The molecule has 6 heteroatoms. The number of rotatable bonds is 4. The van der Waals surface area contributed by atoms with Gasteiger partial charge in [-0.1, -0.05) is 12.1 Å². The van der Waals surface area contributed by atoms with Gasteiger partial charge in [-0.2, -0.15) is 0 Å². The third-order valence-corrected chi connectivity index (χ3v) is 3.95. The molecule has 3 N–H and O–H groups in total. The summed E-state index contributed by atoms with van der Waals surface area (Å²) in [5.74, 6) is 0. The minimum atomic E-state index is -0.527. The zero-order chi connectivity index (χ0) is 14.5. The number of anilines is 1. The number of aliphatic hydroxyl groups is 1. The molecule has 1 aromatic carbocycles. The van der Waals surface area contributed by atoms with Gasteiger partial charge in [-0.25, -0.2) is 4.79 Å². The molecule has 0 spiro atoms. The fraction of sp³-hybridized carbons (Fsp3) is 0.500. The highest BCUT2D eigenvalue weighted by atomic mass is 79.9. The maximum absolute atomic E-state index is 11.7. The van der Waals surface area contributed by atoms with Gasteiger partial charge in [-0.3, -0.25) is 0 Å². The molecule has 5 nitrogen and oxygen atoms in total. The fourth-order valence-corrected chi connectivity index (χ4v) is 2.82. The maximum atomic E-state index is 11.7. The van der Waals surface area contributed by atoms with Crippen molar-refractivity contribution in [3.63, 3.8) is 0 Å². The highest BCUT2D eigenvalue weighted by Gasteiger charge is 2.24. The number of aliphatic hydroxyl groups excluding tert-OH is 1. The molecule has 2 atom stereocenters. The molecular weight excluding hydrogens is 322 g/mol.